The molecule has 1 heteroatoms. The summed E-state index contributed by atoms with van der Waals surface area (Å²) in [6.45, 7) is 4.03. The monoisotopic (exact) mass is 293 g/mol. The molecule has 0 aliphatic heterocycles. The maximum Gasteiger partial charge on any atom is 0.0541 e. The fraction of sp³-hybridized carbons (Fsp3) is 0. The number of rotatable bonds is 1. The van der Waals surface area contributed by atoms with Crippen molar-refractivity contribution in [1.82, 2.24) is 4.57 Å². The van der Waals surface area contributed by atoms with Crippen LogP contribution in [0.2, 0.25) is 0 Å². The molecule has 0 radical (unpaired) electrons. The molecule has 1 heterocycles. The molecule has 0 aliphatic rings. The first kappa shape index (κ1) is 12.5. The average Bonchev–Trinajstić information content (AvgIpc) is 2.92. The van der Waals surface area contributed by atoms with Crippen molar-refractivity contribution in [1.29, 1.82) is 0 Å². The highest BCUT2D eigenvalue weighted by Crippen LogP contribution is 2.36. The topological polar surface area (TPSA) is 4.93 Å². The molecular formula is C22H15N. The van der Waals surface area contributed by atoms with Gasteiger partial charge in [-0.15, -0.1) is 0 Å². The van der Waals surface area contributed by atoms with Crippen LogP contribution in [0.15, 0.2) is 79.4 Å². The molecule has 0 amide bonds. The molecule has 0 fully saturated rings. The first-order chi connectivity index (χ1) is 11.4. The smallest absolute Gasteiger partial charge is 0.0541 e. The van der Waals surface area contributed by atoms with Crippen molar-refractivity contribution in [3.8, 4) is 0 Å². The summed E-state index contributed by atoms with van der Waals surface area (Å²) in [5.74, 6) is 0. The van der Waals surface area contributed by atoms with Gasteiger partial charge in [0.05, 0.1) is 11.0 Å². The van der Waals surface area contributed by atoms with E-state index in [1.54, 1.807) is 0 Å². The van der Waals surface area contributed by atoms with Crippen molar-refractivity contribution in [2.45, 2.75) is 0 Å². The minimum absolute atomic E-state index is 1.21. The lowest BCUT2D eigenvalue weighted by molar-refractivity contribution is 1.30. The molecular weight excluding hydrogens is 278 g/mol. The number of fused-ring (bicyclic) bond motifs is 6. The summed E-state index contributed by atoms with van der Waals surface area (Å²) in [5.41, 5.74) is 2.43. The standard InChI is InChI=1S/C22H15N/c1-2-23-20-12-11-15-7-5-6-10-18(15)22(20)19-13-16-8-3-4-9-17(16)14-21(19)23/h2-14H,1H2. The molecule has 5 rings (SSSR count). The Labute approximate surface area is 134 Å². The maximum absolute atomic E-state index is 4.03. The largest absolute Gasteiger partial charge is 0.316 e. The summed E-state index contributed by atoms with van der Waals surface area (Å²) in [4.78, 5) is 0. The lowest BCUT2D eigenvalue weighted by Gasteiger charge is -2.01. The summed E-state index contributed by atoms with van der Waals surface area (Å²) in [6, 6.07) is 26.1. The van der Waals surface area contributed by atoms with E-state index in [4.69, 9.17) is 0 Å². The fourth-order valence-corrected chi connectivity index (χ4v) is 3.70. The molecule has 1 nitrogen and oxygen atoms in total. The third kappa shape index (κ3) is 1.62. The normalized spacial score (nSPS) is 11.7. The van der Waals surface area contributed by atoms with Gasteiger partial charge in [0.2, 0.25) is 0 Å². The third-order valence-electron chi connectivity index (χ3n) is 4.74. The van der Waals surface area contributed by atoms with Crippen LogP contribution in [-0.2, 0) is 0 Å². The summed E-state index contributed by atoms with van der Waals surface area (Å²) in [6.07, 6.45) is 1.91. The van der Waals surface area contributed by atoms with Crippen LogP contribution < -0.4 is 0 Å². The van der Waals surface area contributed by atoms with Crippen LogP contribution in [0.25, 0.3) is 49.6 Å². The molecule has 1 aromatic heterocycles. The van der Waals surface area contributed by atoms with E-state index in [0.29, 0.717) is 0 Å². The molecule has 4 aromatic carbocycles. The first-order valence-electron chi connectivity index (χ1n) is 7.83. The highest BCUT2D eigenvalue weighted by atomic mass is 14.9. The van der Waals surface area contributed by atoms with Crippen molar-refractivity contribution in [3.63, 3.8) is 0 Å². The van der Waals surface area contributed by atoms with Gasteiger partial charge in [-0.3, -0.25) is 0 Å². The van der Waals surface area contributed by atoms with E-state index in [9.17, 15) is 0 Å². The molecule has 108 valence electrons. The molecule has 0 spiro atoms. The SMILES string of the molecule is C=Cn1c2cc3ccccc3cc2c2c3ccccc3ccc21. The number of aromatic nitrogens is 1. The van der Waals surface area contributed by atoms with Gasteiger partial charge in [-0.05, 0) is 39.7 Å². The molecule has 0 saturated carbocycles. The Hall–Kier alpha value is -3.06. The minimum atomic E-state index is 1.21. The van der Waals surface area contributed by atoms with Crippen molar-refractivity contribution >= 4 is 49.6 Å². The molecule has 0 bridgehead atoms. The van der Waals surface area contributed by atoms with Crippen molar-refractivity contribution in [2.75, 3.05) is 0 Å². The van der Waals surface area contributed by atoms with E-state index in [2.05, 4.69) is 83.9 Å². The maximum atomic E-state index is 4.03. The first-order valence-corrected chi connectivity index (χ1v) is 7.83. The Bertz CT molecular complexity index is 1220. The van der Waals surface area contributed by atoms with Crippen molar-refractivity contribution in [3.05, 3.63) is 79.4 Å². The third-order valence-corrected chi connectivity index (χ3v) is 4.74. The van der Waals surface area contributed by atoms with E-state index in [-0.39, 0.29) is 0 Å². The van der Waals surface area contributed by atoms with Crippen LogP contribution in [0.5, 0.6) is 0 Å². The Morgan fingerprint density at radius 3 is 2.13 bits per heavy atom. The lowest BCUT2D eigenvalue weighted by Crippen LogP contribution is -1.84. The van der Waals surface area contributed by atoms with E-state index in [1.165, 1.54) is 43.4 Å². The van der Waals surface area contributed by atoms with Gasteiger partial charge < -0.3 is 4.57 Å². The lowest BCUT2D eigenvalue weighted by atomic mass is 10.0. The Balaban J connectivity index is 2.14. The zero-order valence-corrected chi connectivity index (χ0v) is 12.7. The molecule has 0 N–H and O–H groups in total. The molecule has 23 heavy (non-hydrogen) atoms. The molecule has 0 aliphatic carbocycles. The zero-order valence-electron chi connectivity index (χ0n) is 12.7. The van der Waals surface area contributed by atoms with Crippen LogP contribution in [-0.4, -0.2) is 4.57 Å². The zero-order chi connectivity index (χ0) is 15.4. The minimum Gasteiger partial charge on any atom is -0.316 e. The number of nitrogens with zero attached hydrogens (tertiary/aromatic N) is 1. The van der Waals surface area contributed by atoms with E-state index in [1.807, 2.05) is 6.20 Å². The van der Waals surface area contributed by atoms with Gasteiger partial charge in [0, 0.05) is 17.0 Å². The summed E-state index contributed by atoms with van der Waals surface area (Å²) in [5, 5.41) is 7.70. The van der Waals surface area contributed by atoms with Crippen LogP contribution >= 0.6 is 0 Å². The van der Waals surface area contributed by atoms with E-state index >= 15 is 0 Å². The van der Waals surface area contributed by atoms with Crippen LogP contribution in [0.3, 0.4) is 0 Å². The number of hydrogen-bond donors (Lipinski definition) is 0. The average molecular weight is 293 g/mol. The Morgan fingerprint density at radius 2 is 1.35 bits per heavy atom. The molecule has 5 aromatic rings. The highest BCUT2D eigenvalue weighted by molar-refractivity contribution is 6.23. The van der Waals surface area contributed by atoms with Crippen LogP contribution in [0, 0.1) is 0 Å². The van der Waals surface area contributed by atoms with E-state index in [0.717, 1.165) is 0 Å². The van der Waals surface area contributed by atoms with Gasteiger partial charge >= 0.3 is 0 Å². The summed E-state index contributed by atoms with van der Waals surface area (Å²) in [7, 11) is 0. The van der Waals surface area contributed by atoms with Gasteiger partial charge in [0.25, 0.3) is 0 Å². The van der Waals surface area contributed by atoms with Gasteiger partial charge in [0.15, 0.2) is 0 Å². The quantitative estimate of drug-likeness (QED) is 0.346. The van der Waals surface area contributed by atoms with Crippen molar-refractivity contribution < 1.29 is 0 Å². The molecule has 0 unspecified atom stereocenters. The molecule has 0 atom stereocenters. The second-order valence-corrected chi connectivity index (χ2v) is 5.95. The van der Waals surface area contributed by atoms with Gasteiger partial charge in [-0.1, -0.05) is 61.2 Å². The predicted molar refractivity (Wildman–Crippen MR) is 101 cm³/mol. The summed E-state index contributed by atoms with van der Waals surface area (Å²) >= 11 is 0. The fourth-order valence-electron chi connectivity index (χ4n) is 3.70. The van der Waals surface area contributed by atoms with E-state index < -0.39 is 0 Å². The predicted octanol–water partition coefficient (Wildman–Crippen LogP) is 6.20. The number of benzene rings is 4. The highest BCUT2D eigenvalue weighted by Gasteiger charge is 2.12. The van der Waals surface area contributed by atoms with Crippen LogP contribution in [0.1, 0.15) is 0 Å². The second kappa shape index (κ2) is 4.47. The van der Waals surface area contributed by atoms with Gasteiger partial charge in [0.1, 0.15) is 0 Å². The Kier molecular flexibility index (Phi) is 2.42. The second-order valence-electron chi connectivity index (χ2n) is 5.95. The Morgan fingerprint density at radius 1 is 0.652 bits per heavy atom. The van der Waals surface area contributed by atoms with Crippen molar-refractivity contribution in [2.24, 2.45) is 0 Å². The summed E-state index contributed by atoms with van der Waals surface area (Å²) < 4.78 is 2.20. The van der Waals surface area contributed by atoms with Gasteiger partial charge in [-0.25, -0.2) is 0 Å². The van der Waals surface area contributed by atoms with Crippen LogP contribution in [0.4, 0.5) is 0 Å². The van der Waals surface area contributed by atoms with Gasteiger partial charge in [-0.2, -0.15) is 0 Å². The number of hydrogen-bond acceptors (Lipinski definition) is 0. The molecule has 0 saturated heterocycles.